The van der Waals surface area contributed by atoms with Gasteiger partial charge in [0.15, 0.2) is 11.5 Å². The number of hydrogen-bond acceptors (Lipinski definition) is 5. The lowest BCUT2D eigenvalue weighted by molar-refractivity contribution is -0.124. The molecular weight excluding hydrogens is 441 g/mol. The highest BCUT2D eigenvalue weighted by Gasteiger charge is 2.34. The number of rotatable bonds is 7. The van der Waals surface area contributed by atoms with Crippen molar-refractivity contribution in [3.05, 3.63) is 72.1 Å². The molecule has 2 heterocycles. The number of amides is 3. The molecule has 1 atom stereocenters. The minimum atomic E-state index is -0.788. The average molecular weight is 467 g/mol. The van der Waals surface area contributed by atoms with E-state index >= 15 is 0 Å². The summed E-state index contributed by atoms with van der Waals surface area (Å²) in [6.07, 6.45) is 2.58. The molecule has 2 aromatic carbocycles. The fourth-order valence-electron chi connectivity index (χ4n) is 4.18. The lowest BCUT2D eigenvalue weighted by atomic mass is 9.88. The van der Waals surface area contributed by atoms with E-state index in [9.17, 15) is 18.8 Å². The van der Waals surface area contributed by atoms with E-state index in [4.69, 9.17) is 9.47 Å². The van der Waals surface area contributed by atoms with Crippen molar-refractivity contribution >= 4 is 17.7 Å². The number of carbonyl (C=O) groups excluding carboxylic acids is 3. The van der Waals surface area contributed by atoms with E-state index in [0.29, 0.717) is 43.0 Å². The third-order valence-corrected chi connectivity index (χ3v) is 5.99. The maximum atomic E-state index is 13.5. The summed E-state index contributed by atoms with van der Waals surface area (Å²) >= 11 is 0. The molecule has 4 rings (SSSR count). The first-order valence-electron chi connectivity index (χ1n) is 11.1. The molecule has 8 nitrogen and oxygen atoms in total. The smallest absolute Gasteiger partial charge is 0.253 e. The third kappa shape index (κ3) is 5.19. The molecule has 2 aromatic rings. The minimum Gasteiger partial charge on any atom is -0.454 e. The van der Waals surface area contributed by atoms with Crippen LogP contribution in [0.15, 0.2) is 55.1 Å². The average Bonchev–Trinajstić information content (AvgIpc) is 3.33. The molecule has 9 heteroatoms. The van der Waals surface area contributed by atoms with Crippen LogP contribution in [0.1, 0.15) is 33.6 Å². The van der Waals surface area contributed by atoms with Crippen molar-refractivity contribution in [2.75, 3.05) is 26.4 Å². The zero-order chi connectivity index (χ0) is 24.1. The fraction of sp³-hybridized carbons (Fsp3) is 0.320. The summed E-state index contributed by atoms with van der Waals surface area (Å²) in [5.41, 5.74) is 0.638. The molecule has 0 radical (unpaired) electrons. The number of ether oxygens (including phenoxy) is 2. The zero-order valence-electron chi connectivity index (χ0n) is 18.6. The Morgan fingerprint density at radius 3 is 2.59 bits per heavy atom. The van der Waals surface area contributed by atoms with E-state index in [1.807, 2.05) is 0 Å². The monoisotopic (exact) mass is 467 g/mol. The molecule has 3 amide bonds. The van der Waals surface area contributed by atoms with Crippen LogP contribution in [0.3, 0.4) is 0 Å². The Labute approximate surface area is 196 Å². The van der Waals surface area contributed by atoms with Gasteiger partial charge >= 0.3 is 0 Å². The van der Waals surface area contributed by atoms with Gasteiger partial charge in [0.05, 0.1) is 0 Å². The number of carbonyl (C=O) groups is 3. The summed E-state index contributed by atoms with van der Waals surface area (Å²) in [5.74, 6) is -0.587. The first-order chi connectivity index (χ1) is 16.5. The van der Waals surface area contributed by atoms with Crippen LogP contribution in [-0.2, 0) is 4.79 Å². The normalized spacial score (nSPS) is 16.0. The van der Waals surface area contributed by atoms with Gasteiger partial charge in [-0.05, 0) is 55.2 Å². The Hall–Kier alpha value is -3.88. The van der Waals surface area contributed by atoms with Gasteiger partial charge in [0.2, 0.25) is 12.7 Å². The number of benzene rings is 2. The van der Waals surface area contributed by atoms with Gasteiger partial charge in [-0.1, -0.05) is 12.1 Å². The molecule has 0 saturated carbocycles. The van der Waals surface area contributed by atoms with Crippen LogP contribution < -0.4 is 20.1 Å². The van der Waals surface area contributed by atoms with Crippen LogP contribution in [-0.4, -0.2) is 55.1 Å². The van der Waals surface area contributed by atoms with Gasteiger partial charge in [0, 0.05) is 30.8 Å². The van der Waals surface area contributed by atoms with Crippen molar-refractivity contribution in [1.29, 1.82) is 0 Å². The highest BCUT2D eigenvalue weighted by Crippen LogP contribution is 2.32. The highest BCUT2D eigenvalue weighted by atomic mass is 19.1. The minimum absolute atomic E-state index is 0.0971. The maximum absolute atomic E-state index is 13.5. The summed E-state index contributed by atoms with van der Waals surface area (Å²) in [7, 11) is 0. The molecule has 2 aliphatic heterocycles. The molecule has 0 aliphatic carbocycles. The second kappa shape index (κ2) is 10.4. The van der Waals surface area contributed by atoms with Gasteiger partial charge in [-0.15, -0.1) is 6.58 Å². The Bertz CT molecular complexity index is 1100. The molecule has 2 N–H and O–H groups in total. The third-order valence-electron chi connectivity index (χ3n) is 5.99. The standard InChI is InChI=1S/C25H26FN3O5/c1-2-10-27-24(31)22(28-23(30)17-6-7-20-21(14-17)34-15-33-20)16-8-11-29(12-9-16)25(32)18-4-3-5-19(26)13-18/h2-7,13-14,16,22H,1,8-12,15H2,(H,27,31)(H,28,30)/t22-/m0/s1. The van der Waals surface area contributed by atoms with Crippen molar-refractivity contribution in [3.8, 4) is 11.5 Å². The molecule has 0 bridgehead atoms. The SMILES string of the molecule is C=CCNC(=O)[C@@H](NC(=O)c1ccc2c(c1)OCO2)C1CCN(C(=O)c2cccc(F)c2)CC1. The van der Waals surface area contributed by atoms with Crippen molar-refractivity contribution in [3.63, 3.8) is 0 Å². The Morgan fingerprint density at radius 2 is 1.85 bits per heavy atom. The molecule has 1 saturated heterocycles. The first-order valence-corrected chi connectivity index (χ1v) is 11.1. The number of fused-ring (bicyclic) bond motifs is 1. The van der Waals surface area contributed by atoms with Crippen molar-refractivity contribution < 1.29 is 28.2 Å². The summed E-state index contributed by atoms with van der Waals surface area (Å²) < 4.78 is 24.1. The number of piperidine rings is 1. The molecule has 0 spiro atoms. The Morgan fingerprint density at radius 1 is 1.09 bits per heavy atom. The van der Waals surface area contributed by atoms with Gasteiger partial charge in [-0.2, -0.15) is 0 Å². The van der Waals surface area contributed by atoms with E-state index < -0.39 is 17.8 Å². The van der Waals surface area contributed by atoms with Crippen LogP contribution in [0.2, 0.25) is 0 Å². The molecule has 2 aliphatic rings. The number of nitrogens with zero attached hydrogens (tertiary/aromatic N) is 1. The van der Waals surface area contributed by atoms with Gasteiger partial charge in [-0.3, -0.25) is 14.4 Å². The van der Waals surface area contributed by atoms with Gasteiger partial charge in [0.1, 0.15) is 11.9 Å². The fourth-order valence-corrected chi connectivity index (χ4v) is 4.18. The second-order valence-electron chi connectivity index (χ2n) is 8.19. The van der Waals surface area contributed by atoms with Crippen molar-refractivity contribution in [2.45, 2.75) is 18.9 Å². The van der Waals surface area contributed by atoms with Gasteiger partial charge in [0.25, 0.3) is 11.8 Å². The van der Waals surface area contributed by atoms with E-state index in [2.05, 4.69) is 17.2 Å². The summed E-state index contributed by atoms with van der Waals surface area (Å²) in [6, 6.07) is 9.64. The summed E-state index contributed by atoms with van der Waals surface area (Å²) in [6.45, 7) is 4.77. The molecule has 178 valence electrons. The van der Waals surface area contributed by atoms with Crippen molar-refractivity contribution in [1.82, 2.24) is 15.5 Å². The maximum Gasteiger partial charge on any atom is 0.253 e. The van der Waals surface area contributed by atoms with E-state index in [-0.39, 0.29) is 36.6 Å². The number of nitrogens with one attached hydrogen (secondary N) is 2. The topological polar surface area (TPSA) is 97.0 Å². The highest BCUT2D eigenvalue weighted by molar-refractivity contribution is 5.98. The van der Waals surface area contributed by atoms with Crippen LogP contribution in [0, 0.1) is 11.7 Å². The first kappa shape index (κ1) is 23.3. The zero-order valence-corrected chi connectivity index (χ0v) is 18.6. The lowest BCUT2D eigenvalue weighted by Gasteiger charge is -2.35. The molecular formula is C25H26FN3O5. The van der Waals surface area contributed by atoms with Crippen LogP contribution in [0.5, 0.6) is 11.5 Å². The molecule has 34 heavy (non-hydrogen) atoms. The number of likely N-dealkylation sites (tertiary alicyclic amines) is 1. The van der Waals surface area contributed by atoms with Crippen molar-refractivity contribution in [2.24, 2.45) is 5.92 Å². The Balaban J connectivity index is 1.44. The van der Waals surface area contributed by atoms with Crippen LogP contribution >= 0.6 is 0 Å². The van der Waals surface area contributed by atoms with Crippen LogP contribution in [0.25, 0.3) is 0 Å². The van der Waals surface area contributed by atoms with Gasteiger partial charge < -0.3 is 25.0 Å². The predicted molar refractivity (Wildman–Crippen MR) is 122 cm³/mol. The number of halogens is 1. The quantitative estimate of drug-likeness (QED) is 0.610. The van der Waals surface area contributed by atoms with Gasteiger partial charge in [-0.25, -0.2) is 4.39 Å². The predicted octanol–water partition coefficient (Wildman–Crippen LogP) is 2.51. The van der Waals surface area contributed by atoms with E-state index in [0.717, 1.165) is 0 Å². The summed E-state index contributed by atoms with van der Waals surface area (Å²) in [5, 5.41) is 5.61. The largest absolute Gasteiger partial charge is 0.454 e. The number of hydrogen-bond donors (Lipinski definition) is 2. The molecule has 0 aromatic heterocycles. The van der Waals surface area contributed by atoms with Crippen LogP contribution in [0.4, 0.5) is 4.39 Å². The Kier molecular flexibility index (Phi) is 7.10. The lowest BCUT2D eigenvalue weighted by Crippen LogP contribution is -2.53. The summed E-state index contributed by atoms with van der Waals surface area (Å²) in [4.78, 5) is 40.2. The second-order valence-corrected chi connectivity index (χ2v) is 8.19. The van der Waals surface area contributed by atoms with E-state index in [1.54, 1.807) is 35.2 Å². The molecule has 0 unspecified atom stereocenters. The van der Waals surface area contributed by atoms with E-state index in [1.165, 1.54) is 18.2 Å². The molecule has 1 fully saturated rings.